The topological polar surface area (TPSA) is 29.8 Å². The van der Waals surface area contributed by atoms with Crippen molar-refractivity contribution in [2.75, 3.05) is 32.8 Å². The summed E-state index contributed by atoms with van der Waals surface area (Å²) in [6, 6.07) is 6.09. The van der Waals surface area contributed by atoms with Crippen molar-refractivity contribution in [2.45, 2.75) is 6.42 Å². The Morgan fingerprint density at radius 3 is 2.94 bits per heavy atom. The zero-order chi connectivity index (χ0) is 11.5. The van der Waals surface area contributed by atoms with Crippen LogP contribution in [-0.2, 0) is 11.2 Å². The fourth-order valence-corrected chi connectivity index (χ4v) is 2.21. The zero-order valence-corrected chi connectivity index (χ0v) is 9.88. The van der Waals surface area contributed by atoms with Gasteiger partial charge in [0.25, 0.3) is 0 Å². The molecule has 0 bridgehead atoms. The minimum Gasteiger partial charge on any atom is -0.379 e. The molecule has 1 fully saturated rings. The van der Waals surface area contributed by atoms with E-state index in [2.05, 4.69) is 20.5 Å². The highest BCUT2D eigenvalue weighted by molar-refractivity contribution is 5.39. The fourth-order valence-electron chi connectivity index (χ4n) is 2.21. The molecule has 0 radical (unpaired) electrons. The third-order valence-corrected chi connectivity index (χ3v) is 3.20. The van der Waals surface area contributed by atoms with E-state index in [0.29, 0.717) is 0 Å². The van der Waals surface area contributed by atoms with Gasteiger partial charge in [-0.15, -0.1) is 0 Å². The molecule has 0 spiro atoms. The Balaban J connectivity index is 1.64. The molecule has 17 heavy (non-hydrogen) atoms. The van der Waals surface area contributed by atoms with Gasteiger partial charge in [0, 0.05) is 38.4 Å². The quantitative estimate of drug-likeness (QED) is 0.795. The fraction of sp³-hybridized carbons (Fsp3) is 0.462. The van der Waals surface area contributed by atoms with E-state index in [4.69, 9.17) is 4.74 Å². The number of hydrogen-bond acceptors (Lipinski definition) is 3. The first-order valence-corrected chi connectivity index (χ1v) is 6.14. The van der Waals surface area contributed by atoms with E-state index in [1.807, 2.05) is 24.4 Å². The minimum atomic E-state index is 0.866. The Bertz CT molecular complexity index is 455. The van der Waals surface area contributed by atoms with E-state index in [-0.39, 0.29) is 0 Å². The van der Waals surface area contributed by atoms with Crippen molar-refractivity contribution < 1.29 is 4.74 Å². The Hall–Kier alpha value is -1.39. The van der Waals surface area contributed by atoms with Crippen LogP contribution >= 0.6 is 0 Å². The van der Waals surface area contributed by atoms with Gasteiger partial charge in [0.1, 0.15) is 5.65 Å². The molecule has 2 aromatic rings. The van der Waals surface area contributed by atoms with E-state index >= 15 is 0 Å². The summed E-state index contributed by atoms with van der Waals surface area (Å²) in [6.07, 6.45) is 5.18. The number of nitrogens with zero attached hydrogens (tertiary/aromatic N) is 3. The van der Waals surface area contributed by atoms with Crippen molar-refractivity contribution >= 4 is 5.65 Å². The summed E-state index contributed by atoms with van der Waals surface area (Å²) in [7, 11) is 0. The Morgan fingerprint density at radius 1 is 1.24 bits per heavy atom. The molecule has 0 amide bonds. The van der Waals surface area contributed by atoms with E-state index in [9.17, 15) is 0 Å². The van der Waals surface area contributed by atoms with Crippen LogP contribution in [0.5, 0.6) is 0 Å². The van der Waals surface area contributed by atoms with Gasteiger partial charge < -0.3 is 9.14 Å². The zero-order valence-electron chi connectivity index (χ0n) is 9.88. The summed E-state index contributed by atoms with van der Waals surface area (Å²) in [5.41, 5.74) is 2.20. The predicted octanol–water partition coefficient (Wildman–Crippen LogP) is 1.21. The SMILES string of the molecule is c1ccn2cc(CCN3CCOCC3)nc2c1. The van der Waals surface area contributed by atoms with Crippen LogP contribution in [0.4, 0.5) is 0 Å². The third kappa shape index (κ3) is 2.48. The summed E-state index contributed by atoms with van der Waals surface area (Å²) in [5, 5.41) is 0. The lowest BCUT2D eigenvalue weighted by Gasteiger charge is -2.26. The molecule has 4 nitrogen and oxygen atoms in total. The standard InChI is InChI=1S/C13H17N3O/c1-2-5-16-11-12(14-13(16)3-1)4-6-15-7-9-17-10-8-15/h1-3,5,11H,4,6-10H2. The Labute approximate surface area is 101 Å². The van der Waals surface area contributed by atoms with Crippen LogP contribution in [-0.4, -0.2) is 47.1 Å². The van der Waals surface area contributed by atoms with Crippen LogP contribution in [0, 0.1) is 0 Å². The summed E-state index contributed by atoms with van der Waals surface area (Å²) >= 11 is 0. The molecule has 90 valence electrons. The van der Waals surface area contributed by atoms with Gasteiger partial charge in [-0.3, -0.25) is 4.90 Å². The molecule has 1 saturated heterocycles. The summed E-state index contributed by atoms with van der Waals surface area (Å²) in [4.78, 5) is 7.04. The second kappa shape index (κ2) is 4.85. The van der Waals surface area contributed by atoms with Crippen molar-refractivity contribution in [3.63, 3.8) is 0 Å². The van der Waals surface area contributed by atoms with Crippen molar-refractivity contribution in [3.8, 4) is 0 Å². The monoisotopic (exact) mass is 231 g/mol. The van der Waals surface area contributed by atoms with Gasteiger partial charge in [0.15, 0.2) is 0 Å². The van der Waals surface area contributed by atoms with Gasteiger partial charge in [-0.25, -0.2) is 4.98 Å². The maximum absolute atomic E-state index is 5.34. The van der Waals surface area contributed by atoms with Crippen LogP contribution in [0.25, 0.3) is 5.65 Å². The minimum absolute atomic E-state index is 0.866. The lowest BCUT2D eigenvalue weighted by Crippen LogP contribution is -2.37. The Kier molecular flexibility index (Phi) is 3.07. The van der Waals surface area contributed by atoms with Crippen LogP contribution in [0.2, 0.25) is 0 Å². The first kappa shape index (κ1) is 10.7. The number of aromatic nitrogens is 2. The van der Waals surface area contributed by atoms with Crippen LogP contribution in [0.3, 0.4) is 0 Å². The van der Waals surface area contributed by atoms with Crippen LogP contribution in [0.15, 0.2) is 30.6 Å². The molecule has 0 saturated carbocycles. The second-order valence-corrected chi connectivity index (χ2v) is 4.40. The van der Waals surface area contributed by atoms with Crippen LogP contribution < -0.4 is 0 Å². The van der Waals surface area contributed by atoms with E-state index in [0.717, 1.165) is 44.9 Å². The number of fused-ring (bicyclic) bond motifs is 1. The second-order valence-electron chi connectivity index (χ2n) is 4.40. The number of imidazole rings is 1. The largest absolute Gasteiger partial charge is 0.379 e. The lowest BCUT2D eigenvalue weighted by molar-refractivity contribution is 0.0383. The number of rotatable bonds is 3. The van der Waals surface area contributed by atoms with Crippen molar-refractivity contribution in [1.82, 2.24) is 14.3 Å². The molecule has 0 unspecified atom stereocenters. The van der Waals surface area contributed by atoms with Crippen molar-refractivity contribution in [3.05, 3.63) is 36.3 Å². The maximum atomic E-state index is 5.34. The smallest absolute Gasteiger partial charge is 0.136 e. The van der Waals surface area contributed by atoms with E-state index < -0.39 is 0 Å². The van der Waals surface area contributed by atoms with Gasteiger partial charge in [0.05, 0.1) is 18.9 Å². The molecule has 2 aromatic heterocycles. The van der Waals surface area contributed by atoms with Gasteiger partial charge in [0.2, 0.25) is 0 Å². The predicted molar refractivity (Wildman–Crippen MR) is 66.2 cm³/mol. The van der Waals surface area contributed by atoms with Crippen molar-refractivity contribution in [1.29, 1.82) is 0 Å². The molecule has 0 aromatic carbocycles. The van der Waals surface area contributed by atoms with Gasteiger partial charge in [-0.05, 0) is 12.1 Å². The summed E-state index contributed by atoms with van der Waals surface area (Å²) < 4.78 is 7.42. The molecule has 1 aliphatic rings. The van der Waals surface area contributed by atoms with E-state index in [1.54, 1.807) is 0 Å². The lowest BCUT2D eigenvalue weighted by atomic mass is 10.3. The highest BCUT2D eigenvalue weighted by Crippen LogP contribution is 2.06. The maximum Gasteiger partial charge on any atom is 0.136 e. The number of pyridine rings is 1. The third-order valence-electron chi connectivity index (χ3n) is 3.20. The number of hydrogen-bond donors (Lipinski definition) is 0. The molecular formula is C13H17N3O. The first-order chi connectivity index (χ1) is 8.42. The summed E-state index contributed by atoms with van der Waals surface area (Å²) in [5.74, 6) is 0. The molecular weight excluding hydrogens is 214 g/mol. The molecule has 3 heterocycles. The number of ether oxygens (including phenoxy) is 1. The van der Waals surface area contributed by atoms with Crippen LogP contribution in [0.1, 0.15) is 5.69 Å². The molecule has 0 aliphatic carbocycles. The Morgan fingerprint density at radius 2 is 2.12 bits per heavy atom. The molecule has 4 heteroatoms. The van der Waals surface area contributed by atoms with Crippen molar-refractivity contribution in [2.24, 2.45) is 0 Å². The molecule has 1 aliphatic heterocycles. The number of morpholine rings is 1. The van der Waals surface area contributed by atoms with Gasteiger partial charge in [-0.2, -0.15) is 0 Å². The first-order valence-electron chi connectivity index (χ1n) is 6.14. The molecule has 3 rings (SSSR count). The van der Waals surface area contributed by atoms with Gasteiger partial charge >= 0.3 is 0 Å². The average molecular weight is 231 g/mol. The summed E-state index contributed by atoms with van der Waals surface area (Å²) in [6.45, 7) is 4.91. The highest BCUT2D eigenvalue weighted by Gasteiger charge is 2.10. The van der Waals surface area contributed by atoms with Gasteiger partial charge in [-0.1, -0.05) is 6.07 Å². The average Bonchev–Trinajstić information content (AvgIpc) is 2.80. The molecule has 0 N–H and O–H groups in total. The highest BCUT2D eigenvalue weighted by atomic mass is 16.5. The molecule has 0 atom stereocenters. The normalized spacial score (nSPS) is 17.6. The van der Waals surface area contributed by atoms with E-state index in [1.165, 1.54) is 5.69 Å².